The van der Waals surface area contributed by atoms with Gasteiger partial charge in [-0.25, -0.2) is 0 Å². The van der Waals surface area contributed by atoms with Crippen molar-refractivity contribution in [3.63, 3.8) is 0 Å². The van der Waals surface area contributed by atoms with Gasteiger partial charge in [-0.05, 0) is 12.1 Å². The summed E-state index contributed by atoms with van der Waals surface area (Å²) < 4.78 is 28.7. The standard InChI is InChI=1S/C34H30N2O4P2/c37-33(25-41(39,27-15-5-1-6-16-27)28-17-7-2-8-18-28)35-31-23-13-14-24-32(31)36-34(38)26-42(40,29-19-9-3-10-20-29)30-21-11-4-12-22-30/h1-24H,25-26H2,(H,35,37)(H,36,38). The van der Waals surface area contributed by atoms with Crippen LogP contribution in [0.3, 0.4) is 0 Å². The molecule has 0 bridgehead atoms. The molecule has 5 aromatic rings. The van der Waals surface area contributed by atoms with E-state index in [1.165, 1.54) is 0 Å². The average Bonchev–Trinajstić information content (AvgIpc) is 3.03. The lowest BCUT2D eigenvalue weighted by Crippen LogP contribution is -2.27. The van der Waals surface area contributed by atoms with Gasteiger partial charge in [0.05, 0.1) is 23.7 Å². The quantitative estimate of drug-likeness (QED) is 0.207. The fourth-order valence-corrected chi connectivity index (χ4v) is 9.73. The maximum atomic E-state index is 14.3. The molecule has 2 N–H and O–H groups in total. The third-order valence-electron chi connectivity index (χ3n) is 6.90. The topological polar surface area (TPSA) is 92.3 Å². The van der Waals surface area contributed by atoms with Crippen LogP contribution in [0.15, 0.2) is 146 Å². The van der Waals surface area contributed by atoms with Crippen molar-refractivity contribution < 1.29 is 18.7 Å². The molecule has 42 heavy (non-hydrogen) atoms. The lowest BCUT2D eigenvalue weighted by Gasteiger charge is -2.21. The highest BCUT2D eigenvalue weighted by Gasteiger charge is 2.32. The number of benzene rings is 5. The molecule has 210 valence electrons. The number of carbonyl (C=O) groups excluding carboxylic acids is 2. The van der Waals surface area contributed by atoms with E-state index in [0.29, 0.717) is 32.6 Å². The average molecular weight is 593 g/mol. The molecule has 5 aromatic carbocycles. The van der Waals surface area contributed by atoms with E-state index in [2.05, 4.69) is 10.6 Å². The van der Waals surface area contributed by atoms with E-state index >= 15 is 0 Å². The molecule has 0 spiro atoms. The number of rotatable bonds is 10. The molecule has 0 saturated carbocycles. The van der Waals surface area contributed by atoms with Crippen LogP contribution in [0.4, 0.5) is 11.4 Å². The molecule has 0 heterocycles. The van der Waals surface area contributed by atoms with Crippen molar-refractivity contribution in [2.45, 2.75) is 0 Å². The van der Waals surface area contributed by atoms with Crippen LogP contribution < -0.4 is 31.9 Å². The number of anilines is 2. The minimum absolute atomic E-state index is 0.249. The molecule has 0 atom stereocenters. The number of carbonyl (C=O) groups is 2. The molecule has 0 saturated heterocycles. The third kappa shape index (κ3) is 6.52. The third-order valence-corrected chi connectivity index (χ3v) is 12.9. The van der Waals surface area contributed by atoms with E-state index in [1.54, 1.807) is 121 Å². The lowest BCUT2D eigenvalue weighted by molar-refractivity contribution is -0.114. The molecule has 2 amide bonds. The highest BCUT2D eigenvalue weighted by Crippen LogP contribution is 2.44. The van der Waals surface area contributed by atoms with Gasteiger partial charge in [-0.3, -0.25) is 9.59 Å². The van der Waals surface area contributed by atoms with Gasteiger partial charge in [-0.15, -0.1) is 0 Å². The van der Waals surface area contributed by atoms with E-state index in [4.69, 9.17) is 0 Å². The van der Waals surface area contributed by atoms with Crippen molar-refractivity contribution in [1.82, 2.24) is 0 Å². The van der Waals surface area contributed by atoms with E-state index < -0.39 is 26.1 Å². The zero-order valence-electron chi connectivity index (χ0n) is 22.8. The Morgan fingerprint density at radius 2 is 0.643 bits per heavy atom. The number of hydrogen-bond donors (Lipinski definition) is 2. The van der Waals surface area contributed by atoms with Gasteiger partial charge < -0.3 is 19.8 Å². The largest absolute Gasteiger partial charge is 0.324 e. The number of para-hydroxylation sites is 2. The fraction of sp³-hybridized carbons (Fsp3) is 0.0588. The smallest absolute Gasteiger partial charge is 0.232 e. The van der Waals surface area contributed by atoms with Crippen LogP contribution in [0, 0.1) is 0 Å². The van der Waals surface area contributed by atoms with Gasteiger partial charge in [0.15, 0.2) is 14.3 Å². The molecule has 0 unspecified atom stereocenters. The second-order valence-corrected chi connectivity index (χ2v) is 15.4. The Hall–Kier alpha value is -4.50. The van der Waals surface area contributed by atoms with Crippen molar-refractivity contribution in [3.05, 3.63) is 146 Å². The Morgan fingerprint density at radius 3 is 0.905 bits per heavy atom. The Morgan fingerprint density at radius 1 is 0.405 bits per heavy atom. The van der Waals surface area contributed by atoms with Crippen molar-refractivity contribution in [3.8, 4) is 0 Å². The molecule has 0 aliphatic heterocycles. The van der Waals surface area contributed by atoms with Crippen molar-refractivity contribution in [1.29, 1.82) is 0 Å². The molecule has 5 rings (SSSR count). The van der Waals surface area contributed by atoms with Crippen LogP contribution in [-0.4, -0.2) is 24.1 Å². The normalized spacial score (nSPS) is 11.4. The molecular formula is C34H30N2O4P2. The Balaban J connectivity index is 1.37. The second kappa shape index (κ2) is 13.0. The molecular weight excluding hydrogens is 562 g/mol. The maximum Gasteiger partial charge on any atom is 0.232 e. The van der Waals surface area contributed by atoms with E-state index in [9.17, 15) is 18.7 Å². The van der Waals surface area contributed by atoms with Crippen LogP contribution in [0.1, 0.15) is 0 Å². The van der Waals surface area contributed by atoms with Gasteiger partial charge in [-0.1, -0.05) is 133 Å². The Bertz CT molecular complexity index is 1540. The van der Waals surface area contributed by atoms with Gasteiger partial charge in [-0.2, -0.15) is 0 Å². The van der Waals surface area contributed by atoms with E-state index in [1.807, 2.05) is 24.3 Å². The Kier molecular flexibility index (Phi) is 8.97. The summed E-state index contributed by atoms with van der Waals surface area (Å²) in [5, 5.41) is 8.04. The summed E-state index contributed by atoms with van der Waals surface area (Å²) in [6.45, 7) is 0. The minimum Gasteiger partial charge on any atom is -0.324 e. The van der Waals surface area contributed by atoms with Gasteiger partial charge in [0.2, 0.25) is 11.8 Å². The van der Waals surface area contributed by atoms with E-state index in [-0.39, 0.29) is 12.3 Å². The molecule has 0 radical (unpaired) electrons. The number of amides is 2. The summed E-state index contributed by atoms with van der Waals surface area (Å²) in [4.78, 5) is 26.7. The van der Waals surface area contributed by atoms with Crippen LogP contribution >= 0.6 is 14.3 Å². The van der Waals surface area contributed by atoms with Crippen LogP contribution in [0.25, 0.3) is 0 Å². The predicted molar refractivity (Wildman–Crippen MR) is 173 cm³/mol. The van der Waals surface area contributed by atoms with Crippen molar-refractivity contribution in [2.75, 3.05) is 23.0 Å². The first-order chi connectivity index (χ1) is 20.4. The monoisotopic (exact) mass is 592 g/mol. The minimum atomic E-state index is -3.29. The van der Waals surface area contributed by atoms with Crippen LogP contribution in [0.5, 0.6) is 0 Å². The molecule has 6 nitrogen and oxygen atoms in total. The summed E-state index contributed by atoms with van der Waals surface area (Å²) in [7, 11) is -6.58. The van der Waals surface area contributed by atoms with Gasteiger partial charge in [0.25, 0.3) is 0 Å². The Labute approximate surface area is 245 Å². The maximum absolute atomic E-state index is 14.3. The summed E-state index contributed by atoms with van der Waals surface area (Å²) in [6.07, 6.45) is -0.499. The molecule has 0 aromatic heterocycles. The van der Waals surface area contributed by atoms with Crippen LogP contribution in [0.2, 0.25) is 0 Å². The zero-order valence-corrected chi connectivity index (χ0v) is 24.6. The number of nitrogens with one attached hydrogen (secondary N) is 2. The molecule has 0 fully saturated rings. The predicted octanol–water partition coefficient (Wildman–Crippen LogP) is 5.59. The summed E-state index contributed by atoms with van der Waals surface area (Å²) >= 11 is 0. The first-order valence-electron chi connectivity index (χ1n) is 13.5. The highest BCUT2D eigenvalue weighted by molar-refractivity contribution is 7.79. The van der Waals surface area contributed by atoms with Crippen LogP contribution in [-0.2, 0) is 18.7 Å². The fourth-order valence-electron chi connectivity index (χ4n) is 4.82. The zero-order chi connectivity index (χ0) is 29.4. The lowest BCUT2D eigenvalue weighted by atomic mass is 10.2. The van der Waals surface area contributed by atoms with Crippen molar-refractivity contribution in [2.24, 2.45) is 0 Å². The highest BCUT2D eigenvalue weighted by atomic mass is 31.2. The SMILES string of the molecule is O=C(CP(=O)(c1ccccc1)c1ccccc1)Nc1ccccc1NC(=O)CP(=O)(c1ccccc1)c1ccccc1. The second-order valence-electron chi connectivity index (χ2n) is 9.78. The molecule has 0 aliphatic rings. The molecule has 0 aliphatic carbocycles. The summed E-state index contributed by atoms with van der Waals surface area (Å²) in [5.74, 6) is -0.904. The van der Waals surface area contributed by atoms with Crippen molar-refractivity contribution >= 4 is 58.7 Å². The van der Waals surface area contributed by atoms with E-state index in [0.717, 1.165) is 0 Å². The first kappa shape index (κ1) is 29.0. The molecule has 8 heteroatoms. The summed E-state index contributed by atoms with van der Waals surface area (Å²) in [5.41, 5.74) is 0.718. The van der Waals surface area contributed by atoms with Gasteiger partial charge >= 0.3 is 0 Å². The van der Waals surface area contributed by atoms with Gasteiger partial charge in [0.1, 0.15) is 0 Å². The van der Waals surface area contributed by atoms with Gasteiger partial charge in [0, 0.05) is 21.2 Å². The first-order valence-corrected chi connectivity index (χ1v) is 17.3. The summed E-state index contributed by atoms with van der Waals surface area (Å²) in [6, 6.07) is 42.7. The number of hydrogen-bond acceptors (Lipinski definition) is 4.